The van der Waals surface area contributed by atoms with Crippen LogP contribution in [0.5, 0.6) is 0 Å². The van der Waals surface area contributed by atoms with E-state index in [9.17, 15) is 0 Å². The molecule has 18 heavy (non-hydrogen) atoms. The van der Waals surface area contributed by atoms with Crippen molar-refractivity contribution in [2.24, 2.45) is 0 Å². The Morgan fingerprint density at radius 1 is 1.11 bits per heavy atom. The lowest BCUT2D eigenvalue weighted by Crippen LogP contribution is -2.32. The first-order valence-corrected chi connectivity index (χ1v) is 7.77. The van der Waals surface area contributed by atoms with Crippen LogP contribution in [-0.2, 0) is 0 Å². The van der Waals surface area contributed by atoms with Crippen molar-refractivity contribution in [2.45, 2.75) is 38.4 Å². The standard InChI is InChI=1S/C13H24N4S/c1-5-13(6-2,18-4)10-16-12-9-14-8-11(17-12)15-7-3/h8-9H,5-7,10H2,1-4H3,(H2,15,16,17). The summed E-state index contributed by atoms with van der Waals surface area (Å²) in [7, 11) is 0. The smallest absolute Gasteiger partial charge is 0.147 e. The Bertz CT molecular complexity index is 344. The lowest BCUT2D eigenvalue weighted by molar-refractivity contribution is 0.574. The van der Waals surface area contributed by atoms with Crippen LogP contribution in [0, 0.1) is 0 Å². The van der Waals surface area contributed by atoms with Gasteiger partial charge in [-0.05, 0) is 26.0 Å². The number of thioether (sulfide) groups is 1. The summed E-state index contributed by atoms with van der Waals surface area (Å²) in [6.45, 7) is 8.31. The number of hydrogen-bond donors (Lipinski definition) is 2. The summed E-state index contributed by atoms with van der Waals surface area (Å²) in [6.07, 6.45) is 8.00. The second kappa shape index (κ2) is 7.46. The van der Waals surface area contributed by atoms with Crippen molar-refractivity contribution in [3.8, 4) is 0 Å². The van der Waals surface area contributed by atoms with E-state index in [4.69, 9.17) is 0 Å². The summed E-state index contributed by atoms with van der Waals surface area (Å²) < 4.78 is 0.288. The Kier molecular flexibility index (Phi) is 6.25. The van der Waals surface area contributed by atoms with Gasteiger partial charge < -0.3 is 10.6 Å². The molecule has 1 aromatic heterocycles. The molecule has 4 nitrogen and oxygen atoms in total. The maximum Gasteiger partial charge on any atom is 0.147 e. The number of nitrogens with one attached hydrogen (secondary N) is 2. The van der Waals surface area contributed by atoms with E-state index in [1.807, 2.05) is 11.8 Å². The molecular formula is C13H24N4S. The van der Waals surface area contributed by atoms with Crippen molar-refractivity contribution < 1.29 is 0 Å². The van der Waals surface area contributed by atoms with Gasteiger partial charge in [-0.1, -0.05) is 13.8 Å². The Balaban J connectivity index is 2.64. The molecule has 0 saturated carbocycles. The van der Waals surface area contributed by atoms with Crippen molar-refractivity contribution in [1.82, 2.24) is 9.97 Å². The molecule has 0 aliphatic rings. The van der Waals surface area contributed by atoms with Gasteiger partial charge in [-0.2, -0.15) is 11.8 Å². The predicted octanol–water partition coefficient (Wildman–Crippen LogP) is 3.24. The van der Waals surface area contributed by atoms with E-state index in [1.54, 1.807) is 12.4 Å². The van der Waals surface area contributed by atoms with Gasteiger partial charge in [0.05, 0.1) is 12.4 Å². The number of aromatic nitrogens is 2. The van der Waals surface area contributed by atoms with Gasteiger partial charge in [0.1, 0.15) is 11.6 Å². The molecule has 2 N–H and O–H groups in total. The zero-order chi connectivity index (χ0) is 13.4. The maximum absolute atomic E-state index is 4.47. The number of rotatable bonds is 8. The van der Waals surface area contributed by atoms with E-state index >= 15 is 0 Å². The van der Waals surface area contributed by atoms with Crippen LogP contribution in [0.3, 0.4) is 0 Å². The fraction of sp³-hybridized carbons (Fsp3) is 0.692. The minimum atomic E-state index is 0.288. The fourth-order valence-electron chi connectivity index (χ4n) is 1.83. The first-order valence-electron chi connectivity index (χ1n) is 6.54. The van der Waals surface area contributed by atoms with Gasteiger partial charge >= 0.3 is 0 Å². The summed E-state index contributed by atoms with van der Waals surface area (Å²) in [5, 5.41) is 6.57. The molecule has 0 fully saturated rings. The first-order chi connectivity index (χ1) is 8.69. The van der Waals surface area contributed by atoms with Crippen LogP contribution in [0.25, 0.3) is 0 Å². The van der Waals surface area contributed by atoms with E-state index < -0.39 is 0 Å². The SMILES string of the molecule is CCNc1cncc(NCC(CC)(CC)SC)n1. The molecule has 0 aliphatic heterocycles. The molecule has 0 radical (unpaired) electrons. The molecule has 102 valence electrons. The van der Waals surface area contributed by atoms with Crippen LogP contribution in [0.1, 0.15) is 33.6 Å². The predicted molar refractivity (Wildman–Crippen MR) is 81.5 cm³/mol. The molecule has 0 bridgehead atoms. The summed E-state index contributed by atoms with van der Waals surface area (Å²) in [5.41, 5.74) is 0. The monoisotopic (exact) mass is 268 g/mol. The van der Waals surface area contributed by atoms with Gasteiger partial charge in [0.2, 0.25) is 0 Å². The van der Waals surface area contributed by atoms with Crippen molar-refractivity contribution in [2.75, 3.05) is 30.0 Å². The second-order valence-corrected chi connectivity index (χ2v) is 5.54. The lowest BCUT2D eigenvalue weighted by Gasteiger charge is -2.30. The molecule has 5 heteroatoms. The Morgan fingerprint density at radius 2 is 1.72 bits per heavy atom. The first kappa shape index (κ1) is 15.1. The third-order valence-corrected chi connectivity index (χ3v) is 4.89. The molecule has 0 unspecified atom stereocenters. The third-order valence-electron chi connectivity index (χ3n) is 3.31. The molecule has 1 heterocycles. The van der Waals surface area contributed by atoms with Gasteiger partial charge in [0.25, 0.3) is 0 Å². The lowest BCUT2D eigenvalue weighted by atomic mass is 10.0. The molecule has 0 spiro atoms. The summed E-state index contributed by atoms with van der Waals surface area (Å²) in [5.74, 6) is 1.67. The fourth-order valence-corrected chi connectivity index (χ4v) is 2.62. The minimum Gasteiger partial charge on any atom is -0.369 e. The van der Waals surface area contributed by atoms with Crippen LogP contribution in [0.4, 0.5) is 11.6 Å². The molecular weight excluding hydrogens is 244 g/mol. The quantitative estimate of drug-likeness (QED) is 0.758. The van der Waals surface area contributed by atoms with Crippen LogP contribution < -0.4 is 10.6 Å². The van der Waals surface area contributed by atoms with E-state index in [2.05, 4.69) is 47.6 Å². The maximum atomic E-state index is 4.47. The minimum absolute atomic E-state index is 0.288. The van der Waals surface area contributed by atoms with E-state index in [0.717, 1.165) is 37.6 Å². The van der Waals surface area contributed by atoms with E-state index in [-0.39, 0.29) is 4.75 Å². The highest BCUT2D eigenvalue weighted by molar-refractivity contribution is 8.00. The Labute approximate surface area is 114 Å². The van der Waals surface area contributed by atoms with Crippen LogP contribution in [0.15, 0.2) is 12.4 Å². The summed E-state index contributed by atoms with van der Waals surface area (Å²) in [4.78, 5) is 8.66. The summed E-state index contributed by atoms with van der Waals surface area (Å²) in [6, 6.07) is 0. The molecule has 0 aromatic carbocycles. The van der Waals surface area contributed by atoms with Crippen molar-refractivity contribution in [1.29, 1.82) is 0 Å². The molecule has 0 saturated heterocycles. The van der Waals surface area contributed by atoms with Gasteiger partial charge in [0, 0.05) is 17.8 Å². The largest absolute Gasteiger partial charge is 0.369 e. The number of anilines is 2. The van der Waals surface area contributed by atoms with Gasteiger partial charge in [0.15, 0.2) is 0 Å². The summed E-state index contributed by atoms with van der Waals surface area (Å²) >= 11 is 1.92. The zero-order valence-electron chi connectivity index (χ0n) is 11.8. The second-order valence-electron chi connectivity index (χ2n) is 4.27. The van der Waals surface area contributed by atoms with Crippen molar-refractivity contribution in [3.63, 3.8) is 0 Å². The Morgan fingerprint density at radius 3 is 2.22 bits per heavy atom. The highest BCUT2D eigenvalue weighted by Crippen LogP contribution is 2.30. The molecule has 0 aliphatic carbocycles. The molecule has 0 amide bonds. The molecule has 1 rings (SSSR count). The van der Waals surface area contributed by atoms with E-state index in [0.29, 0.717) is 0 Å². The average Bonchev–Trinajstić information content (AvgIpc) is 2.42. The average molecular weight is 268 g/mol. The van der Waals surface area contributed by atoms with Crippen LogP contribution >= 0.6 is 11.8 Å². The van der Waals surface area contributed by atoms with Gasteiger partial charge in [-0.25, -0.2) is 4.98 Å². The number of nitrogens with zero attached hydrogens (tertiary/aromatic N) is 2. The number of hydrogen-bond acceptors (Lipinski definition) is 5. The third kappa shape index (κ3) is 4.05. The van der Waals surface area contributed by atoms with Gasteiger partial charge in [-0.15, -0.1) is 0 Å². The van der Waals surface area contributed by atoms with Gasteiger partial charge in [-0.3, -0.25) is 4.98 Å². The highest BCUT2D eigenvalue weighted by atomic mass is 32.2. The molecule has 1 aromatic rings. The molecule has 0 atom stereocenters. The normalized spacial score (nSPS) is 11.3. The van der Waals surface area contributed by atoms with Crippen LogP contribution in [-0.4, -0.2) is 34.1 Å². The van der Waals surface area contributed by atoms with E-state index in [1.165, 1.54) is 0 Å². The highest BCUT2D eigenvalue weighted by Gasteiger charge is 2.24. The van der Waals surface area contributed by atoms with Crippen LogP contribution in [0.2, 0.25) is 0 Å². The topological polar surface area (TPSA) is 49.8 Å². The zero-order valence-corrected chi connectivity index (χ0v) is 12.6. The van der Waals surface area contributed by atoms with Crippen molar-refractivity contribution >= 4 is 23.4 Å². The Hall–Kier alpha value is -0.970. The van der Waals surface area contributed by atoms with Crippen molar-refractivity contribution in [3.05, 3.63) is 12.4 Å².